The molecule has 1 aliphatic heterocycles. The zero-order chi connectivity index (χ0) is 13.2. The van der Waals surface area contributed by atoms with E-state index in [-0.39, 0.29) is 5.54 Å². The van der Waals surface area contributed by atoms with Crippen molar-refractivity contribution in [1.82, 2.24) is 0 Å². The van der Waals surface area contributed by atoms with E-state index in [1.807, 2.05) is 0 Å². The first-order chi connectivity index (χ1) is 8.66. The van der Waals surface area contributed by atoms with Crippen molar-refractivity contribution < 1.29 is 0 Å². The molecule has 1 heterocycles. The molecular formula is C16H24N2. The van der Waals surface area contributed by atoms with Crippen molar-refractivity contribution in [3.63, 3.8) is 0 Å². The topological polar surface area (TPSA) is 24.4 Å². The largest absolute Gasteiger partial charge is 0.377 e. The van der Waals surface area contributed by atoms with Gasteiger partial charge in [-0.3, -0.25) is 4.99 Å². The zero-order valence-electron chi connectivity index (χ0n) is 12.0. The van der Waals surface area contributed by atoms with E-state index in [2.05, 4.69) is 57.3 Å². The first-order valence-electron chi connectivity index (χ1n) is 7.11. The molecule has 1 unspecified atom stereocenters. The van der Waals surface area contributed by atoms with Crippen LogP contribution >= 0.6 is 0 Å². The van der Waals surface area contributed by atoms with Crippen molar-refractivity contribution in [2.45, 2.75) is 52.5 Å². The van der Waals surface area contributed by atoms with Crippen molar-refractivity contribution in [3.8, 4) is 0 Å². The Kier molecular flexibility index (Phi) is 3.74. The smallest absolute Gasteiger partial charge is 0.0860 e. The van der Waals surface area contributed by atoms with Crippen molar-refractivity contribution in [1.29, 1.82) is 0 Å². The molecule has 0 aliphatic carbocycles. The molecule has 0 fully saturated rings. The number of nitrogens with zero attached hydrogens (tertiary/aromatic N) is 1. The van der Waals surface area contributed by atoms with Gasteiger partial charge < -0.3 is 5.32 Å². The SMILES string of the molecule is CCC1=Nc2ccccc2NC(CC)(CC)C1C. The van der Waals surface area contributed by atoms with E-state index in [0.29, 0.717) is 5.92 Å². The maximum atomic E-state index is 4.88. The highest BCUT2D eigenvalue weighted by atomic mass is 15.0. The van der Waals surface area contributed by atoms with Gasteiger partial charge in [0.15, 0.2) is 0 Å². The van der Waals surface area contributed by atoms with Gasteiger partial charge in [-0.05, 0) is 31.4 Å². The maximum Gasteiger partial charge on any atom is 0.0860 e. The summed E-state index contributed by atoms with van der Waals surface area (Å²) in [5.41, 5.74) is 3.72. The maximum absolute atomic E-state index is 4.88. The van der Waals surface area contributed by atoms with Crippen LogP contribution in [-0.4, -0.2) is 11.3 Å². The van der Waals surface area contributed by atoms with Crippen LogP contribution in [0.1, 0.15) is 47.0 Å². The molecule has 0 radical (unpaired) electrons. The molecule has 2 rings (SSSR count). The van der Waals surface area contributed by atoms with E-state index < -0.39 is 0 Å². The Labute approximate surface area is 111 Å². The number of rotatable bonds is 3. The predicted molar refractivity (Wildman–Crippen MR) is 79.9 cm³/mol. The molecule has 98 valence electrons. The van der Waals surface area contributed by atoms with Gasteiger partial charge >= 0.3 is 0 Å². The van der Waals surface area contributed by atoms with Crippen LogP contribution in [0.4, 0.5) is 11.4 Å². The lowest BCUT2D eigenvalue weighted by molar-refractivity contribution is 0.364. The summed E-state index contributed by atoms with van der Waals surface area (Å²) in [6.07, 6.45) is 3.27. The predicted octanol–water partition coefficient (Wildman–Crippen LogP) is 4.79. The molecule has 0 bridgehead atoms. The third kappa shape index (κ3) is 2.05. The van der Waals surface area contributed by atoms with Gasteiger partial charge in [0.05, 0.1) is 11.4 Å². The van der Waals surface area contributed by atoms with Gasteiger partial charge in [-0.2, -0.15) is 0 Å². The normalized spacial score (nSPS) is 21.6. The molecule has 0 amide bonds. The zero-order valence-corrected chi connectivity index (χ0v) is 12.0. The van der Waals surface area contributed by atoms with Crippen LogP contribution in [0.3, 0.4) is 0 Å². The lowest BCUT2D eigenvalue weighted by Crippen LogP contribution is -2.46. The summed E-state index contributed by atoms with van der Waals surface area (Å²) < 4.78 is 0. The summed E-state index contributed by atoms with van der Waals surface area (Å²) in [4.78, 5) is 4.88. The Bertz CT molecular complexity index is 444. The van der Waals surface area contributed by atoms with Crippen LogP contribution in [0.2, 0.25) is 0 Å². The summed E-state index contributed by atoms with van der Waals surface area (Å²) in [7, 11) is 0. The van der Waals surface area contributed by atoms with E-state index in [9.17, 15) is 0 Å². The quantitative estimate of drug-likeness (QED) is 0.812. The molecule has 1 aliphatic rings. The third-order valence-corrected chi connectivity index (χ3v) is 4.50. The third-order valence-electron chi connectivity index (χ3n) is 4.50. The Morgan fingerprint density at radius 3 is 2.44 bits per heavy atom. The van der Waals surface area contributed by atoms with Crippen molar-refractivity contribution in [2.75, 3.05) is 5.32 Å². The molecule has 0 saturated carbocycles. The molecule has 2 heteroatoms. The number of aliphatic imine (C=N–C) groups is 1. The Hall–Kier alpha value is -1.31. The van der Waals surface area contributed by atoms with Gasteiger partial charge in [-0.25, -0.2) is 0 Å². The number of hydrogen-bond acceptors (Lipinski definition) is 2. The minimum absolute atomic E-state index is 0.140. The number of anilines is 1. The molecule has 0 spiro atoms. The van der Waals surface area contributed by atoms with Crippen molar-refractivity contribution >= 4 is 17.1 Å². The molecule has 2 nitrogen and oxygen atoms in total. The van der Waals surface area contributed by atoms with E-state index in [1.54, 1.807) is 0 Å². The first-order valence-corrected chi connectivity index (χ1v) is 7.11. The average molecular weight is 244 g/mol. The van der Waals surface area contributed by atoms with Crippen LogP contribution in [0.5, 0.6) is 0 Å². The Morgan fingerprint density at radius 2 is 1.83 bits per heavy atom. The fourth-order valence-corrected chi connectivity index (χ4v) is 3.05. The lowest BCUT2D eigenvalue weighted by Gasteiger charge is -2.38. The molecule has 0 aromatic heterocycles. The minimum atomic E-state index is 0.140. The minimum Gasteiger partial charge on any atom is -0.377 e. The van der Waals surface area contributed by atoms with E-state index >= 15 is 0 Å². The number of benzene rings is 1. The van der Waals surface area contributed by atoms with Gasteiger partial charge in [-0.1, -0.05) is 39.8 Å². The first kappa shape index (κ1) is 13.1. The molecule has 0 saturated heterocycles. The summed E-state index contributed by atoms with van der Waals surface area (Å²) in [6.45, 7) is 9.07. The number of hydrogen-bond donors (Lipinski definition) is 1. The van der Waals surface area contributed by atoms with Gasteiger partial charge in [0, 0.05) is 17.2 Å². The fourth-order valence-electron chi connectivity index (χ4n) is 3.05. The standard InChI is InChI=1S/C16H24N2/c1-5-13-12(4)16(6-2,7-3)18-15-11-9-8-10-14(15)17-13/h8-12,18H,5-7H2,1-4H3. The van der Waals surface area contributed by atoms with E-state index in [0.717, 1.165) is 24.9 Å². The second-order valence-electron chi connectivity index (χ2n) is 5.18. The number of nitrogens with one attached hydrogen (secondary N) is 1. The summed E-state index contributed by atoms with van der Waals surface area (Å²) in [6, 6.07) is 8.39. The lowest BCUT2D eigenvalue weighted by atomic mass is 9.77. The highest BCUT2D eigenvalue weighted by molar-refractivity contribution is 5.93. The van der Waals surface area contributed by atoms with Gasteiger partial charge in [0.2, 0.25) is 0 Å². The summed E-state index contributed by atoms with van der Waals surface area (Å²) in [5, 5.41) is 3.77. The number of fused-ring (bicyclic) bond motifs is 1. The van der Waals surface area contributed by atoms with Gasteiger partial charge in [0.25, 0.3) is 0 Å². The molecule has 1 N–H and O–H groups in total. The Morgan fingerprint density at radius 1 is 1.17 bits per heavy atom. The van der Waals surface area contributed by atoms with Crippen LogP contribution in [0, 0.1) is 5.92 Å². The van der Waals surface area contributed by atoms with Crippen LogP contribution in [0.25, 0.3) is 0 Å². The van der Waals surface area contributed by atoms with E-state index in [4.69, 9.17) is 4.99 Å². The van der Waals surface area contributed by atoms with Crippen molar-refractivity contribution in [2.24, 2.45) is 10.9 Å². The molecule has 1 aromatic carbocycles. The molecule has 18 heavy (non-hydrogen) atoms. The second-order valence-corrected chi connectivity index (χ2v) is 5.18. The fraction of sp³-hybridized carbons (Fsp3) is 0.562. The summed E-state index contributed by atoms with van der Waals surface area (Å²) in [5.74, 6) is 0.477. The number of para-hydroxylation sites is 2. The molecule has 1 atom stereocenters. The highest BCUT2D eigenvalue weighted by Crippen LogP contribution is 2.39. The highest BCUT2D eigenvalue weighted by Gasteiger charge is 2.37. The van der Waals surface area contributed by atoms with Gasteiger partial charge in [0.1, 0.15) is 0 Å². The monoisotopic (exact) mass is 244 g/mol. The average Bonchev–Trinajstić information content (AvgIpc) is 2.54. The van der Waals surface area contributed by atoms with E-state index in [1.165, 1.54) is 11.4 Å². The second kappa shape index (κ2) is 5.13. The Balaban J connectivity index is 2.55. The van der Waals surface area contributed by atoms with Crippen LogP contribution in [0.15, 0.2) is 29.3 Å². The molecule has 1 aromatic rings. The van der Waals surface area contributed by atoms with Gasteiger partial charge in [-0.15, -0.1) is 0 Å². The van der Waals surface area contributed by atoms with Crippen LogP contribution in [-0.2, 0) is 0 Å². The van der Waals surface area contributed by atoms with Crippen molar-refractivity contribution in [3.05, 3.63) is 24.3 Å². The molecular weight excluding hydrogens is 220 g/mol. The summed E-state index contributed by atoms with van der Waals surface area (Å²) >= 11 is 0. The van der Waals surface area contributed by atoms with Crippen LogP contribution < -0.4 is 5.32 Å².